The van der Waals surface area contributed by atoms with Crippen LogP contribution in [0.5, 0.6) is 0 Å². The minimum absolute atomic E-state index is 0.250. The van der Waals surface area contributed by atoms with Gasteiger partial charge in [-0.05, 0) is 0 Å². The van der Waals surface area contributed by atoms with Crippen molar-refractivity contribution < 1.29 is 27.9 Å². The second kappa shape index (κ2) is 11.2. The van der Waals surface area contributed by atoms with Crippen molar-refractivity contribution in [2.24, 2.45) is 0 Å². The molecule has 2 rings (SSSR count). The van der Waals surface area contributed by atoms with E-state index in [0.717, 1.165) is 21.3 Å². The number of aryl methyl sites for hydroxylation is 1. The number of carboxylic acid groups (broad SMARTS) is 1. The second-order valence-electron chi connectivity index (χ2n) is 6.40. The van der Waals surface area contributed by atoms with E-state index in [1.54, 1.807) is 0 Å². The molecule has 0 aliphatic heterocycles. The Labute approximate surface area is 175 Å². The molecule has 1 aromatic carbocycles. The van der Waals surface area contributed by atoms with Gasteiger partial charge in [0.1, 0.15) is 0 Å². The second-order valence-corrected chi connectivity index (χ2v) is 13.3. The number of thiazole rings is 1. The standard InChI is InChI=1S/C16H22AsN3OS.C2HF3O2/c1-11(2)17(4)9-14-10-22-16(19-14)20-15(21)18-13-7-5-12(3)6-8-13;3-2(4,5)1(6)7/h5-8,10-11H,9H2,1-4H3,(H2,18,19,20,21);(H,6,7). The van der Waals surface area contributed by atoms with Crippen molar-refractivity contribution in [1.29, 1.82) is 0 Å². The number of alkyl halides is 3. The van der Waals surface area contributed by atoms with Gasteiger partial charge in [-0.25, -0.2) is 4.79 Å². The number of urea groups is 1. The van der Waals surface area contributed by atoms with Gasteiger partial charge in [0.25, 0.3) is 0 Å². The summed E-state index contributed by atoms with van der Waals surface area (Å²) < 4.78 is 32.5. The molecule has 0 aliphatic rings. The predicted molar refractivity (Wildman–Crippen MR) is 110 cm³/mol. The topological polar surface area (TPSA) is 91.3 Å². The zero-order valence-electron chi connectivity index (χ0n) is 16.4. The number of nitrogens with one attached hydrogen (secondary N) is 2. The van der Waals surface area contributed by atoms with Crippen LogP contribution in [0.4, 0.5) is 28.8 Å². The fourth-order valence-electron chi connectivity index (χ4n) is 1.77. The number of anilines is 2. The first-order valence-electron chi connectivity index (χ1n) is 8.48. The molecule has 3 N–H and O–H groups in total. The van der Waals surface area contributed by atoms with Crippen molar-refractivity contribution in [2.75, 3.05) is 10.6 Å². The molecule has 0 fully saturated rings. The maximum Gasteiger partial charge on any atom is 0.490 e. The molecule has 6 nitrogen and oxygen atoms in total. The van der Waals surface area contributed by atoms with Crippen LogP contribution in [0.15, 0.2) is 29.6 Å². The van der Waals surface area contributed by atoms with Gasteiger partial charge >= 0.3 is 153 Å². The van der Waals surface area contributed by atoms with Crippen LogP contribution < -0.4 is 10.6 Å². The molecule has 0 bridgehead atoms. The van der Waals surface area contributed by atoms with Crippen LogP contribution in [0.25, 0.3) is 0 Å². The average molecular weight is 493 g/mol. The molecule has 2 aromatic rings. The Morgan fingerprint density at radius 3 is 2.24 bits per heavy atom. The maximum absolute atomic E-state index is 12.0. The van der Waals surface area contributed by atoms with Crippen LogP contribution >= 0.6 is 11.3 Å². The number of benzene rings is 1. The number of aliphatic carboxylic acids is 1. The summed E-state index contributed by atoms with van der Waals surface area (Å²) in [5.74, 6) is -2.76. The molecule has 1 heterocycles. The van der Waals surface area contributed by atoms with Crippen molar-refractivity contribution in [2.45, 2.75) is 42.6 Å². The number of hydrogen-bond donors (Lipinski definition) is 3. The van der Waals surface area contributed by atoms with E-state index in [9.17, 15) is 18.0 Å². The van der Waals surface area contributed by atoms with Gasteiger partial charge in [-0.1, -0.05) is 0 Å². The van der Waals surface area contributed by atoms with E-state index in [1.807, 2.05) is 31.2 Å². The molecular formula is C18H23AsF3N3O3S. The average Bonchev–Trinajstić information content (AvgIpc) is 3.03. The fraction of sp³-hybridized carbons (Fsp3) is 0.389. The zero-order valence-corrected chi connectivity index (χ0v) is 19.1. The predicted octanol–water partition coefficient (Wildman–Crippen LogP) is 5.35. The molecule has 1 atom stereocenters. The third-order valence-corrected chi connectivity index (χ3v) is 9.85. The van der Waals surface area contributed by atoms with E-state index in [0.29, 0.717) is 5.13 Å². The molecule has 160 valence electrons. The molecule has 1 aromatic heterocycles. The summed E-state index contributed by atoms with van der Waals surface area (Å²) in [6.45, 7) is 6.57. The van der Waals surface area contributed by atoms with Crippen molar-refractivity contribution in [1.82, 2.24) is 4.98 Å². The summed E-state index contributed by atoms with van der Waals surface area (Å²) in [5.41, 5.74) is 5.42. The van der Waals surface area contributed by atoms with Crippen molar-refractivity contribution in [3.63, 3.8) is 0 Å². The molecular weight excluding hydrogens is 470 g/mol. The minimum Gasteiger partial charge on any atom is -0.475 e. The summed E-state index contributed by atoms with van der Waals surface area (Å²) in [5, 5.41) is 16.5. The van der Waals surface area contributed by atoms with Gasteiger partial charge in [-0.3, -0.25) is 0 Å². The van der Waals surface area contributed by atoms with Gasteiger partial charge in [-0.15, -0.1) is 0 Å². The third-order valence-electron chi connectivity index (χ3n) is 3.62. The molecule has 0 spiro atoms. The first-order valence-corrected chi connectivity index (χ1v) is 13.6. The molecule has 2 amide bonds. The van der Waals surface area contributed by atoms with E-state index < -0.39 is 26.8 Å². The Hall–Kier alpha value is -2.06. The summed E-state index contributed by atoms with van der Waals surface area (Å²) in [6.07, 6.45) is -5.08. The fourth-order valence-corrected chi connectivity index (χ4v) is 4.92. The SMILES string of the molecule is Cc1ccc(NC(=O)Nc2nc(C[As](C)C(C)C)cs2)cc1.O=C(O)C(F)(F)F. The number of carbonyl (C=O) groups excluding carboxylic acids is 1. The molecule has 11 heteroatoms. The Bertz CT molecular complexity index is 811. The quantitative estimate of drug-likeness (QED) is 0.490. The normalized spacial score (nSPS) is 12.0. The van der Waals surface area contributed by atoms with E-state index in [-0.39, 0.29) is 6.03 Å². The molecule has 0 radical (unpaired) electrons. The molecule has 0 aliphatic carbocycles. The Morgan fingerprint density at radius 1 is 1.21 bits per heavy atom. The first-order chi connectivity index (χ1) is 13.4. The first kappa shape index (κ1) is 25.0. The number of nitrogens with zero attached hydrogens (tertiary/aromatic N) is 1. The molecule has 29 heavy (non-hydrogen) atoms. The number of carboxylic acids is 1. The zero-order chi connectivity index (χ0) is 22.2. The molecule has 0 saturated carbocycles. The Balaban J connectivity index is 0.000000516. The third kappa shape index (κ3) is 9.80. The monoisotopic (exact) mass is 493 g/mol. The maximum atomic E-state index is 12.0. The number of amides is 2. The van der Waals surface area contributed by atoms with E-state index in [1.165, 1.54) is 16.9 Å². The molecule has 1 unspecified atom stereocenters. The van der Waals surface area contributed by atoms with Gasteiger partial charge < -0.3 is 5.11 Å². The van der Waals surface area contributed by atoms with Crippen molar-refractivity contribution in [3.8, 4) is 0 Å². The summed E-state index contributed by atoms with van der Waals surface area (Å²) in [7, 11) is 0. The van der Waals surface area contributed by atoms with Gasteiger partial charge in [0.2, 0.25) is 0 Å². The number of carbonyl (C=O) groups is 2. The van der Waals surface area contributed by atoms with Crippen LogP contribution in [-0.2, 0) is 10.0 Å². The van der Waals surface area contributed by atoms with E-state index >= 15 is 0 Å². The van der Waals surface area contributed by atoms with E-state index in [4.69, 9.17) is 9.90 Å². The van der Waals surface area contributed by atoms with Crippen LogP contribution in [0.2, 0.25) is 10.4 Å². The van der Waals surface area contributed by atoms with Crippen LogP contribution in [0.3, 0.4) is 0 Å². The number of halogens is 3. The number of aromatic nitrogens is 1. The Morgan fingerprint density at radius 2 is 1.76 bits per heavy atom. The van der Waals surface area contributed by atoms with Crippen molar-refractivity contribution in [3.05, 3.63) is 40.9 Å². The summed E-state index contributed by atoms with van der Waals surface area (Å²) in [6, 6.07) is 7.46. The summed E-state index contributed by atoms with van der Waals surface area (Å²) >= 11 is 0.648. The smallest absolute Gasteiger partial charge is 0.475 e. The Kier molecular flexibility index (Phi) is 9.65. The largest absolute Gasteiger partial charge is 0.490 e. The van der Waals surface area contributed by atoms with Crippen LogP contribution in [0.1, 0.15) is 25.1 Å². The van der Waals surface area contributed by atoms with Gasteiger partial charge in [-0.2, -0.15) is 13.2 Å². The van der Waals surface area contributed by atoms with Crippen LogP contribution in [-0.4, -0.2) is 42.9 Å². The number of hydrogen-bond acceptors (Lipinski definition) is 4. The number of rotatable bonds is 5. The van der Waals surface area contributed by atoms with Crippen molar-refractivity contribution >= 4 is 48.8 Å². The van der Waals surface area contributed by atoms with Crippen LogP contribution in [0, 0.1) is 6.92 Å². The van der Waals surface area contributed by atoms with E-state index in [2.05, 4.69) is 40.6 Å². The summed E-state index contributed by atoms with van der Waals surface area (Å²) in [4.78, 5) is 25.4. The van der Waals surface area contributed by atoms with Gasteiger partial charge in [0.05, 0.1) is 0 Å². The molecule has 0 saturated heterocycles. The minimum atomic E-state index is -5.08. The van der Waals surface area contributed by atoms with Gasteiger partial charge in [0, 0.05) is 0 Å². The van der Waals surface area contributed by atoms with Gasteiger partial charge in [0.15, 0.2) is 0 Å².